The second-order valence-corrected chi connectivity index (χ2v) is 6.60. The van der Waals surface area contributed by atoms with E-state index in [-0.39, 0.29) is 17.9 Å². The molecule has 0 saturated carbocycles. The first-order valence-electron chi connectivity index (χ1n) is 8.22. The van der Waals surface area contributed by atoms with Gasteiger partial charge in [-0.05, 0) is 24.3 Å². The number of ether oxygens (including phenoxy) is 2. The molecule has 1 aromatic heterocycles. The molecule has 0 spiro atoms. The lowest BCUT2D eigenvalue weighted by atomic mass is 9.88. The highest BCUT2D eigenvalue weighted by Gasteiger charge is 2.40. The van der Waals surface area contributed by atoms with E-state index >= 15 is 0 Å². The van der Waals surface area contributed by atoms with E-state index in [0.29, 0.717) is 24.9 Å². The van der Waals surface area contributed by atoms with Crippen LogP contribution in [-0.2, 0) is 9.53 Å². The molecule has 6 heteroatoms. The zero-order valence-corrected chi connectivity index (χ0v) is 14.3. The highest BCUT2D eigenvalue weighted by atomic mass is 16.5. The molecular formula is C17H25N3O3. The number of carbonyl (C=O) groups is 1. The summed E-state index contributed by atoms with van der Waals surface area (Å²) in [6.45, 7) is 6.38. The minimum absolute atomic E-state index is 0.0579. The highest BCUT2D eigenvalue weighted by molar-refractivity contribution is 6.00. The van der Waals surface area contributed by atoms with E-state index in [1.54, 1.807) is 13.2 Å². The van der Waals surface area contributed by atoms with Gasteiger partial charge in [0.15, 0.2) is 5.82 Å². The zero-order valence-electron chi connectivity index (χ0n) is 14.3. The molecule has 1 saturated heterocycles. The standard InChI is InChI=1S/C17H25N3O3/c1-11(2)12-7-10-23-15(12)17(21)20-9-8-19(3)16-13(20)5-6-14(18-16)22-4/h5-6,11-12,15H,7-10H2,1-4H3/t12-,15-/m1/s1. The Balaban J connectivity index is 1.90. The van der Waals surface area contributed by atoms with Crippen molar-refractivity contribution in [3.05, 3.63) is 12.1 Å². The smallest absolute Gasteiger partial charge is 0.256 e. The Hall–Kier alpha value is -1.82. The Labute approximate surface area is 137 Å². The first-order chi connectivity index (χ1) is 11.0. The van der Waals surface area contributed by atoms with Crippen LogP contribution < -0.4 is 14.5 Å². The number of hydrogen-bond acceptors (Lipinski definition) is 5. The summed E-state index contributed by atoms with van der Waals surface area (Å²) in [6.07, 6.45) is 0.614. The van der Waals surface area contributed by atoms with Crippen molar-refractivity contribution >= 4 is 17.4 Å². The van der Waals surface area contributed by atoms with Crippen molar-refractivity contribution in [2.45, 2.75) is 26.4 Å². The number of amides is 1. The molecule has 0 bridgehead atoms. The summed E-state index contributed by atoms with van der Waals surface area (Å²) in [5, 5.41) is 0. The summed E-state index contributed by atoms with van der Waals surface area (Å²) in [4.78, 5) is 21.4. The first kappa shape index (κ1) is 16.1. The predicted octanol–water partition coefficient (Wildman–Crippen LogP) is 1.93. The molecule has 3 heterocycles. The molecule has 2 aliphatic rings. The minimum Gasteiger partial charge on any atom is -0.481 e. The van der Waals surface area contributed by atoms with Gasteiger partial charge < -0.3 is 19.3 Å². The van der Waals surface area contributed by atoms with Gasteiger partial charge in [-0.15, -0.1) is 0 Å². The number of likely N-dealkylation sites (N-methyl/N-ethyl adjacent to an activating group) is 1. The number of methoxy groups -OCH3 is 1. The van der Waals surface area contributed by atoms with Crippen molar-refractivity contribution in [3.8, 4) is 5.88 Å². The van der Waals surface area contributed by atoms with E-state index in [2.05, 4.69) is 23.7 Å². The van der Waals surface area contributed by atoms with Crippen LogP contribution in [0.3, 0.4) is 0 Å². The molecular weight excluding hydrogens is 294 g/mol. The average molecular weight is 319 g/mol. The lowest BCUT2D eigenvalue weighted by molar-refractivity contribution is -0.129. The first-order valence-corrected chi connectivity index (χ1v) is 8.22. The molecule has 23 heavy (non-hydrogen) atoms. The molecule has 3 rings (SSSR count). The molecule has 2 atom stereocenters. The molecule has 126 valence electrons. The molecule has 6 nitrogen and oxygen atoms in total. The molecule has 0 N–H and O–H groups in total. The van der Waals surface area contributed by atoms with Gasteiger partial charge in [-0.2, -0.15) is 4.98 Å². The van der Waals surface area contributed by atoms with Crippen molar-refractivity contribution < 1.29 is 14.3 Å². The second-order valence-electron chi connectivity index (χ2n) is 6.60. The SMILES string of the molecule is COc1ccc2c(n1)N(C)CCN2C(=O)[C@@H]1OCC[C@@H]1C(C)C. The molecule has 0 radical (unpaired) electrons. The molecule has 1 aromatic rings. The number of carbonyl (C=O) groups excluding carboxylic acids is 1. The topological polar surface area (TPSA) is 54.9 Å². The van der Waals surface area contributed by atoms with Crippen LogP contribution >= 0.6 is 0 Å². The van der Waals surface area contributed by atoms with Crippen molar-refractivity contribution in [1.29, 1.82) is 0 Å². The molecule has 0 aromatic carbocycles. The number of hydrogen-bond donors (Lipinski definition) is 0. The van der Waals surface area contributed by atoms with Crippen LogP contribution in [0.25, 0.3) is 0 Å². The average Bonchev–Trinajstić information content (AvgIpc) is 3.04. The third-order valence-corrected chi connectivity index (χ3v) is 4.85. The second kappa shape index (κ2) is 6.35. The number of rotatable bonds is 3. The Morgan fingerprint density at radius 3 is 2.87 bits per heavy atom. The monoisotopic (exact) mass is 319 g/mol. The summed E-state index contributed by atoms with van der Waals surface area (Å²) in [7, 11) is 3.58. The van der Waals surface area contributed by atoms with Crippen LogP contribution in [0.2, 0.25) is 0 Å². The molecule has 1 amide bonds. The summed E-state index contributed by atoms with van der Waals surface area (Å²) in [5.74, 6) is 2.12. The van der Waals surface area contributed by atoms with E-state index in [0.717, 1.165) is 24.5 Å². The van der Waals surface area contributed by atoms with E-state index in [1.165, 1.54) is 0 Å². The predicted molar refractivity (Wildman–Crippen MR) is 89.1 cm³/mol. The number of anilines is 2. The Morgan fingerprint density at radius 1 is 1.39 bits per heavy atom. The largest absolute Gasteiger partial charge is 0.481 e. The Kier molecular flexibility index (Phi) is 4.43. The number of nitrogens with zero attached hydrogens (tertiary/aromatic N) is 3. The van der Waals surface area contributed by atoms with Crippen LogP contribution in [0.4, 0.5) is 11.5 Å². The normalized spacial score (nSPS) is 24.0. The van der Waals surface area contributed by atoms with Gasteiger partial charge in [0.2, 0.25) is 5.88 Å². The van der Waals surface area contributed by atoms with Crippen LogP contribution in [0.15, 0.2) is 12.1 Å². The summed E-state index contributed by atoms with van der Waals surface area (Å²) in [6, 6.07) is 3.71. The molecule has 2 aliphatic heterocycles. The number of pyridine rings is 1. The van der Waals surface area contributed by atoms with Crippen molar-refractivity contribution in [2.24, 2.45) is 11.8 Å². The van der Waals surface area contributed by atoms with Gasteiger partial charge in [-0.3, -0.25) is 4.79 Å². The van der Waals surface area contributed by atoms with Gasteiger partial charge in [0.1, 0.15) is 6.10 Å². The molecule has 0 aliphatic carbocycles. The summed E-state index contributed by atoms with van der Waals surface area (Å²) in [5.41, 5.74) is 0.836. The van der Waals surface area contributed by atoms with Crippen molar-refractivity contribution in [1.82, 2.24) is 4.98 Å². The van der Waals surface area contributed by atoms with Gasteiger partial charge in [0.25, 0.3) is 5.91 Å². The van der Waals surface area contributed by atoms with Crippen LogP contribution in [0.5, 0.6) is 5.88 Å². The van der Waals surface area contributed by atoms with Gasteiger partial charge in [-0.25, -0.2) is 0 Å². The minimum atomic E-state index is -0.339. The Morgan fingerprint density at radius 2 is 2.17 bits per heavy atom. The lowest BCUT2D eigenvalue weighted by Crippen LogP contribution is -2.49. The van der Waals surface area contributed by atoms with Crippen LogP contribution in [-0.4, -0.2) is 50.8 Å². The lowest BCUT2D eigenvalue weighted by Gasteiger charge is -2.36. The number of aromatic nitrogens is 1. The molecule has 0 unspecified atom stereocenters. The van der Waals surface area contributed by atoms with E-state index in [1.807, 2.05) is 18.0 Å². The maximum atomic E-state index is 13.1. The van der Waals surface area contributed by atoms with Crippen LogP contribution in [0.1, 0.15) is 20.3 Å². The Bertz CT molecular complexity index is 590. The fraction of sp³-hybridized carbons (Fsp3) is 0.647. The third kappa shape index (κ3) is 2.87. The van der Waals surface area contributed by atoms with E-state index in [4.69, 9.17) is 9.47 Å². The maximum Gasteiger partial charge on any atom is 0.256 e. The maximum absolute atomic E-state index is 13.1. The van der Waals surface area contributed by atoms with Crippen LogP contribution in [0, 0.1) is 11.8 Å². The number of fused-ring (bicyclic) bond motifs is 1. The van der Waals surface area contributed by atoms with Crippen molar-refractivity contribution in [3.63, 3.8) is 0 Å². The summed E-state index contributed by atoms with van der Waals surface area (Å²) >= 11 is 0. The highest BCUT2D eigenvalue weighted by Crippen LogP contribution is 2.35. The van der Waals surface area contributed by atoms with E-state index < -0.39 is 0 Å². The van der Waals surface area contributed by atoms with Gasteiger partial charge in [-0.1, -0.05) is 13.8 Å². The van der Waals surface area contributed by atoms with Gasteiger partial charge >= 0.3 is 0 Å². The van der Waals surface area contributed by atoms with Gasteiger partial charge in [0.05, 0.1) is 12.8 Å². The third-order valence-electron chi connectivity index (χ3n) is 4.85. The zero-order chi connectivity index (χ0) is 16.6. The van der Waals surface area contributed by atoms with Gasteiger partial charge in [0, 0.05) is 32.8 Å². The fourth-order valence-electron chi connectivity index (χ4n) is 3.43. The van der Waals surface area contributed by atoms with E-state index in [9.17, 15) is 4.79 Å². The fourth-order valence-corrected chi connectivity index (χ4v) is 3.43. The quantitative estimate of drug-likeness (QED) is 0.852. The summed E-state index contributed by atoms with van der Waals surface area (Å²) < 4.78 is 11.0. The molecule has 1 fully saturated rings. The van der Waals surface area contributed by atoms with Crippen molar-refractivity contribution in [2.75, 3.05) is 43.7 Å².